The van der Waals surface area contributed by atoms with Crippen molar-refractivity contribution in [1.29, 1.82) is 0 Å². The van der Waals surface area contributed by atoms with Crippen LogP contribution in [0, 0.1) is 5.82 Å². The molecule has 3 N–H and O–H groups in total. The first-order valence-electron chi connectivity index (χ1n) is 9.38. The molecule has 0 aromatic heterocycles. The number of halogens is 1. The summed E-state index contributed by atoms with van der Waals surface area (Å²) in [6, 6.07) is 24.3. The second-order valence-corrected chi connectivity index (χ2v) is 6.45. The highest BCUT2D eigenvalue weighted by Crippen LogP contribution is 2.22. The van der Waals surface area contributed by atoms with E-state index in [1.165, 1.54) is 6.07 Å². The summed E-state index contributed by atoms with van der Waals surface area (Å²) in [5.41, 5.74) is 2.28. The van der Waals surface area contributed by atoms with E-state index in [4.69, 9.17) is 9.47 Å². The van der Waals surface area contributed by atoms with Gasteiger partial charge in [0.1, 0.15) is 38.2 Å². The summed E-state index contributed by atoms with van der Waals surface area (Å²) in [6.07, 6.45) is -0.595. The SMILES string of the molecule is O[C@H](C[NH2+]CCOc1ccccc1F)COc1ccc(-c2ccccc2)cc1. The number of benzene rings is 3. The molecule has 0 fully saturated rings. The molecule has 0 heterocycles. The van der Waals surface area contributed by atoms with E-state index in [1.807, 2.05) is 47.8 Å². The molecule has 0 radical (unpaired) electrons. The standard InChI is InChI=1S/C23H24FNO3/c24-22-8-4-5-9-23(22)27-15-14-25-16-20(26)17-28-21-12-10-19(11-13-21)18-6-2-1-3-7-18/h1-13,20,25-26H,14-17H2/p+1/t20-/m1/s1. The van der Waals surface area contributed by atoms with Gasteiger partial charge in [-0.05, 0) is 35.4 Å². The van der Waals surface area contributed by atoms with Crippen LogP contribution in [-0.2, 0) is 0 Å². The van der Waals surface area contributed by atoms with Gasteiger partial charge in [0, 0.05) is 0 Å². The largest absolute Gasteiger partial charge is 0.491 e. The first-order chi connectivity index (χ1) is 13.7. The molecule has 0 unspecified atom stereocenters. The van der Waals surface area contributed by atoms with Gasteiger partial charge in [-0.2, -0.15) is 0 Å². The molecule has 28 heavy (non-hydrogen) atoms. The zero-order valence-electron chi connectivity index (χ0n) is 15.6. The number of rotatable bonds is 10. The van der Waals surface area contributed by atoms with Crippen molar-refractivity contribution in [2.45, 2.75) is 6.10 Å². The molecule has 146 valence electrons. The maximum Gasteiger partial charge on any atom is 0.165 e. The monoisotopic (exact) mass is 382 g/mol. The molecule has 3 aromatic carbocycles. The number of aliphatic hydroxyl groups excluding tert-OH is 1. The number of hydrogen-bond donors (Lipinski definition) is 2. The van der Waals surface area contributed by atoms with Crippen molar-refractivity contribution in [3.8, 4) is 22.6 Å². The van der Waals surface area contributed by atoms with Gasteiger partial charge in [-0.25, -0.2) is 4.39 Å². The minimum Gasteiger partial charge on any atom is -0.491 e. The number of hydrogen-bond acceptors (Lipinski definition) is 3. The van der Waals surface area contributed by atoms with Crippen LogP contribution < -0.4 is 14.8 Å². The predicted octanol–water partition coefficient (Wildman–Crippen LogP) is 2.87. The van der Waals surface area contributed by atoms with Crippen LogP contribution in [0.15, 0.2) is 78.9 Å². The molecule has 0 saturated carbocycles. The molecule has 0 aliphatic heterocycles. The van der Waals surface area contributed by atoms with Gasteiger partial charge in [-0.15, -0.1) is 0 Å². The molecule has 0 aliphatic carbocycles. The number of para-hydroxylation sites is 1. The fraction of sp³-hybridized carbons (Fsp3) is 0.217. The fourth-order valence-corrected chi connectivity index (χ4v) is 2.76. The molecule has 3 aromatic rings. The summed E-state index contributed by atoms with van der Waals surface area (Å²) in [4.78, 5) is 0. The zero-order valence-corrected chi connectivity index (χ0v) is 15.6. The van der Waals surface area contributed by atoms with Crippen molar-refractivity contribution in [3.05, 3.63) is 84.7 Å². The third-order valence-electron chi connectivity index (χ3n) is 4.26. The molecule has 0 spiro atoms. The van der Waals surface area contributed by atoms with Crippen molar-refractivity contribution in [2.24, 2.45) is 0 Å². The van der Waals surface area contributed by atoms with E-state index >= 15 is 0 Å². The van der Waals surface area contributed by atoms with Crippen LogP contribution in [0.5, 0.6) is 11.5 Å². The van der Waals surface area contributed by atoms with E-state index in [1.54, 1.807) is 18.2 Å². The van der Waals surface area contributed by atoms with Crippen LogP contribution in [0.3, 0.4) is 0 Å². The van der Waals surface area contributed by atoms with Crippen molar-refractivity contribution < 1.29 is 24.3 Å². The molecular weight excluding hydrogens is 357 g/mol. The fourth-order valence-electron chi connectivity index (χ4n) is 2.76. The highest BCUT2D eigenvalue weighted by Gasteiger charge is 2.08. The van der Waals surface area contributed by atoms with Crippen molar-refractivity contribution >= 4 is 0 Å². The summed E-state index contributed by atoms with van der Waals surface area (Å²) in [5, 5.41) is 12.0. The minimum absolute atomic E-state index is 0.218. The summed E-state index contributed by atoms with van der Waals surface area (Å²) >= 11 is 0. The Morgan fingerprint density at radius 3 is 2.25 bits per heavy atom. The first kappa shape index (κ1) is 19.9. The Kier molecular flexibility index (Phi) is 7.41. The maximum atomic E-state index is 13.4. The van der Waals surface area contributed by atoms with Crippen LogP contribution >= 0.6 is 0 Å². The van der Waals surface area contributed by atoms with Crippen molar-refractivity contribution in [2.75, 3.05) is 26.3 Å². The van der Waals surface area contributed by atoms with Gasteiger partial charge in [0.2, 0.25) is 0 Å². The lowest BCUT2D eigenvalue weighted by Crippen LogP contribution is -2.87. The molecule has 0 bridgehead atoms. The van der Waals surface area contributed by atoms with Crippen LogP contribution in [0.1, 0.15) is 0 Å². The Balaban J connectivity index is 1.33. The molecule has 1 atom stereocenters. The lowest BCUT2D eigenvalue weighted by atomic mass is 10.1. The Morgan fingerprint density at radius 1 is 0.821 bits per heavy atom. The average Bonchev–Trinajstić information content (AvgIpc) is 2.74. The van der Waals surface area contributed by atoms with E-state index in [9.17, 15) is 9.50 Å². The van der Waals surface area contributed by atoms with Gasteiger partial charge in [-0.3, -0.25) is 0 Å². The molecule has 0 saturated heterocycles. The zero-order chi connectivity index (χ0) is 19.6. The molecule has 5 heteroatoms. The minimum atomic E-state index is -0.595. The average molecular weight is 382 g/mol. The molecular formula is C23H25FNO3+. The van der Waals surface area contributed by atoms with Gasteiger partial charge < -0.3 is 19.9 Å². The molecule has 3 rings (SSSR count). The van der Waals surface area contributed by atoms with E-state index in [0.29, 0.717) is 19.7 Å². The third kappa shape index (κ3) is 6.08. The summed E-state index contributed by atoms with van der Waals surface area (Å²) < 4.78 is 24.4. The second-order valence-electron chi connectivity index (χ2n) is 6.45. The molecule has 0 amide bonds. The summed E-state index contributed by atoms with van der Waals surface area (Å²) in [5.74, 6) is 0.606. The van der Waals surface area contributed by atoms with E-state index in [-0.39, 0.29) is 18.2 Å². The van der Waals surface area contributed by atoms with Gasteiger partial charge in [0.25, 0.3) is 0 Å². The summed E-state index contributed by atoms with van der Waals surface area (Å²) in [7, 11) is 0. The van der Waals surface area contributed by atoms with Gasteiger partial charge in [0.15, 0.2) is 11.6 Å². The van der Waals surface area contributed by atoms with Crippen LogP contribution in [-0.4, -0.2) is 37.5 Å². The quantitative estimate of drug-likeness (QED) is 0.530. The van der Waals surface area contributed by atoms with E-state index in [2.05, 4.69) is 12.1 Å². The topological polar surface area (TPSA) is 55.3 Å². The predicted molar refractivity (Wildman–Crippen MR) is 107 cm³/mol. The Bertz CT molecular complexity index is 840. The molecule has 0 aliphatic rings. The Morgan fingerprint density at radius 2 is 1.50 bits per heavy atom. The number of quaternary nitrogens is 1. The highest BCUT2D eigenvalue weighted by molar-refractivity contribution is 5.63. The van der Waals surface area contributed by atoms with Gasteiger partial charge in [-0.1, -0.05) is 54.6 Å². The Hall–Kier alpha value is -2.89. The molecule has 4 nitrogen and oxygen atoms in total. The third-order valence-corrected chi connectivity index (χ3v) is 4.26. The lowest BCUT2D eigenvalue weighted by Gasteiger charge is -2.12. The summed E-state index contributed by atoms with van der Waals surface area (Å²) in [6.45, 7) is 1.70. The smallest absolute Gasteiger partial charge is 0.165 e. The Labute approximate surface area is 164 Å². The van der Waals surface area contributed by atoms with Crippen LogP contribution in [0.25, 0.3) is 11.1 Å². The van der Waals surface area contributed by atoms with Crippen molar-refractivity contribution in [1.82, 2.24) is 0 Å². The maximum absolute atomic E-state index is 13.4. The highest BCUT2D eigenvalue weighted by atomic mass is 19.1. The second kappa shape index (κ2) is 10.4. The number of aliphatic hydroxyl groups is 1. The van der Waals surface area contributed by atoms with Gasteiger partial charge in [0.05, 0.1) is 0 Å². The normalized spacial score (nSPS) is 11.8. The van der Waals surface area contributed by atoms with Crippen molar-refractivity contribution in [3.63, 3.8) is 0 Å². The van der Waals surface area contributed by atoms with Gasteiger partial charge >= 0.3 is 0 Å². The van der Waals surface area contributed by atoms with Crippen LogP contribution in [0.2, 0.25) is 0 Å². The van der Waals surface area contributed by atoms with Crippen LogP contribution in [0.4, 0.5) is 4.39 Å². The lowest BCUT2D eigenvalue weighted by molar-refractivity contribution is -0.661. The van der Waals surface area contributed by atoms with E-state index < -0.39 is 6.10 Å². The van der Waals surface area contributed by atoms with E-state index in [0.717, 1.165) is 16.9 Å². The number of nitrogens with two attached hydrogens (primary N) is 1. The number of ether oxygens (including phenoxy) is 2. The first-order valence-corrected chi connectivity index (χ1v) is 9.38.